The van der Waals surface area contributed by atoms with Crippen molar-refractivity contribution in [2.45, 2.75) is 44.4 Å². The van der Waals surface area contributed by atoms with E-state index in [2.05, 4.69) is 9.97 Å². The van der Waals surface area contributed by atoms with Gasteiger partial charge in [0.05, 0.1) is 18.1 Å². The number of aromatic amines is 1. The second kappa shape index (κ2) is 10.6. The van der Waals surface area contributed by atoms with E-state index in [-0.39, 0.29) is 23.4 Å². The Balaban J connectivity index is 1.07. The van der Waals surface area contributed by atoms with E-state index in [0.717, 1.165) is 66.0 Å². The van der Waals surface area contributed by atoms with Crippen molar-refractivity contribution in [1.29, 1.82) is 0 Å². The van der Waals surface area contributed by atoms with Crippen LogP contribution in [0.5, 0.6) is 5.75 Å². The monoisotopic (exact) mass is 536 g/mol. The Morgan fingerprint density at radius 1 is 0.974 bits per heavy atom. The van der Waals surface area contributed by atoms with Gasteiger partial charge in [0.2, 0.25) is 10.0 Å². The first-order valence-corrected chi connectivity index (χ1v) is 15.1. The Morgan fingerprint density at radius 2 is 1.79 bits per heavy atom. The summed E-state index contributed by atoms with van der Waals surface area (Å²) in [6.07, 6.45) is 11.0. The number of piperidine rings is 1. The minimum absolute atomic E-state index is 0.135. The lowest BCUT2D eigenvalue weighted by Crippen LogP contribution is -2.43. The van der Waals surface area contributed by atoms with Crippen molar-refractivity contribution in [2.75, 3.05) is 25.4 Å². The molecule has 1 aromatic carbocycles. The molecule has 1 aliphatic heterocycles. The summed E-state index contributed by atoms with van der Waals surface area (Å²) in [5, 5.41) is 3.34. The van der Waals surface area contributed by atoms with E-state index < -0.39 is 10.0 Å². The summed E-state index contributed by atoms with van der Waals surface area (Å²) >= 11 is 0. The van der Waals surface area contributed by atoms with Crippen molar-refractivity contribution in [3.63, 3.8) is 0 Å². The van der Waals surface area contributed by atoms with Crippen molar-refractivity contribution in [2.24, 2.45) is 11.8 Å². The zero-order chi connectivity index (χ0) is 26.1. The number of sulfonamides is 1. The Morgan fingerprint density at radius 3 is 2.61 bits per heavy atom. The minimum atomic E-state index is -3.34. The van der Waals surface area contributed by atoms with Crippen LogP contribution in [0.1, 0.15) is 50.1 Å². The van der Waals surface area contributed by atoms with E-state index >= 15 is 0 Å². The summed E-state index contributed by atoms with van der Waals surface area (Å²) in [4.78, 5) is 12.5. The first-order chi connectivity index (χ1) is 18.5. The summed E-state index contributed by atoms with van der Waals surface area (Å²) in [6, 6.07) is 10.0. The number of hydrogen-bond acceptors (Lipinski definition) is 5. The fourth-order valence-corrected chi connectivity index (χ4v) is 8.15. The third kappa shape index (κ3) is 5.27. The number of nitrogens with one attached hydrogen (secondary N) is 1. The van der Waals surface area contributed by atoms with Crippen LogP contribution in [0.4, 0.5) is 4.39 Å². The number of halogens is 1. The summed E-state index contributed by atoms with van der Waals surface area (Å²) in [6.45, 7) is 1.49. The summed E-state index contributed by atoms with van der Waals surface area (Å²) in [5.74, 6) is 1.13. The van der Waals surface area contributed by atoms with Crippen molar-refractivity contribution >= 4 is 31.8 Å². The Bertz CT molecular complexity index is 1510. The number of fused-ring (bicyclic) bond motifs is 3. The molecular formula is C29H33FN4O3S. The molecule has 38 heavy (non-hydrogen) atoms. The molecule has 1 saturated heterocycles. The molecule has 3 aromatic heterocycles. The average Bonchev–Trinajstić information content (AvgIpc) is 3.42. The highest BCUT2D eigenvalue weighted by Crippen LogP contribution is 2.40. The summed E-state index contributed by atoms with van der Waals surface area (Å²) in [7, 11) is -3.34. The van der Waals surface area contributed by atoms with Gasteiger partial charge in [-0.1, -0.05) is 0 Å². The maximum Gasteiger partial charge on any atom is 0.214 e. The van der Waals surface area contributed by atoms with Crippen LogP contribution in [-0.4, -0.2) is 53.1 Å². The van der Waals surface area contributed by atoms with Gasteiger partial charge in [-0.2, -0.15) is 0 Å². The third-order valence-corrected chi connectivity index (χ3v) is 10.2. The molecule has 0 spiro atoms. The van der Waals surface area contributed by atoms with Crippen LogP contribution in [0.2, 0.25) is 0 Å². The molecule has 0 bridgehead atoms. The molecule has 4 aromatic rings. The van der Waals surface area contributed by atoms with E-state index in [9.17, 15) is 12.8 Å². The molecule has 4 heterocycles. The largest absolute Gasteiger partial charge is 0.493 e. The van der Waals surface area contributed by atoms with E-state index in [1.165, 1.54) is 12.1 Å². The number of aromatic nitrogens is 3. The molecule has 1 atom stereocenters. The lowest BCUT2D eigenvalue weighted by atomic mass is 9.80. The highest BCUT2D eigenvalue weighted by atomic mass is 32.2. The molecule has 1 N–H and O–H groups in total. The van der Waals surface area contributed by atoms with Gasteiger partial charge in [0, 0.05) is 59.7 Å². The number of hydrogen-bond donors (Lipinski definition) is 1. The second-order valence-corrected chi connectivity index (χ2v) is 12.8. The van der Waals surface area contributed by atoms with Gasteiger partial charge >= 0.3 is 0 Å². The number of H-pyrrole nitrogens is 1. The Kier molecular flexibility index (Phi) is 7.05. The molecular weight excluding hydrogens is 503 g/mol. The van der Waals surface area contributed by atoms with Crippen molar-refractivity contribution in [3.8, 4) is 5.75 Å². The number of nitrogens with zero attached hydrogens (tertiary/aromatic N) is 3. The second-order valence-electron chi connectivity index (χ2n) is 10.8. The SMILES string of the molecule is O=S(=O)(CC1CCC(c2nc3[nH]ccc3c3cnccc23)CC1)N1CCCC(COc2ccc(F)cc2)C1. The van der Waals surface area contributed by atoms with Crippen LogP contribution in [0, 0.1) is 17.7 Å². The Labute approximate surface area is 222 Å². The maximum atomic E-state index is 13.4. The first-order valence-electron chi connectivity index (χ1n) is 13.5. The highest BCUT2D eigenvalue weighted by Gasteiger charge is 2.33. The van der Waals surface area contributed by atoms with Crippen LogP contribution in [-0.2, 0) is 10.0 Å². The van der Waals surface area contributed by atoms with Crippen molar-refractivity contribution in [3.05, 3.63) is 66.5 Å². The van der Waals surface area contributed by atoms with Gasteiger partial charge in [-0.15, -0.1) is 0 Å². The van der Waals surface area contributed by atoms with Gasteiger partial charge in [-0.05, 0) is 80.8 Å². The van der Waals surface area contributed by atoms with Crippen LogP contribution < -0.4 is 4.74 Å². The van der Waals surface area contributed by atoms with Crippen LogP contribution >= 0.6 is 0 Å². The maximum absolute atomic E-state index is 13.4. The summed E-state index contributed by atoms with van der Waals surface area (Å²) in [5.41, 5.74) is 1.98. The molecule has 2 fully saturated rings. The lowest BCUT2D eigenvalue weighted by Gasteiger charge is -2.34. The standard InChI is InChI=1S/C29H33FN4O3S/c30-23-7-9-24(10-8-23)37-18-21-2-1-15-34(17-21)38(35,36)19-20-3-5-22(6-4-20)28-25-11-13-31-16-27(25)26-12-14-32-29(26)33-28/h7-14,16,20-22H,1-6,15,17-19H2,(H,32,33). The molecule has 0 amide bonds. The molecule has 6 rings (SSSR count). The van der Waals surface area contributed by atoms with Crippen LogP contribution in [0.3, 0.4) is 0 Å². The molecule has 1 aliphatic carbocycles. The highest BCUT2D eigenvalue weighted by molar-refractivity contribution is 7.89. The molecule has 7 nitrogen and oxygen atoms in total. The third-order valence-electron chi connectivity index (χ3n) is 8.20. The van der Waals surface area contributed by atoms with E-state index in [0.29, 0.717) is 31.4 Å². The van der Waals surface area contributed by atoms with E-state index in [1.54, 1.807) is 16.4 Å². The van der Waals surface area contributed by atoms with Crippen LogP contribution in [0.15, 0.2) is 55.0 Å². The Hall–Kier alpha value is -3.04. The molecule has 200 valence electrons. The predicted molar refractivity (Wildman–Crippen MR) is 146 cm³/mol. The topological polar surface area (TPSA) is 88.2 Å². The smallest absolute Gasteiger partial charge is 0.214 e. The quantitative estimate of drug-likeness (QED) is 0.330. The molecule has 9 heteroatoms. The van der Waals surface area contributed by atoms with Gasteiger partial charge in [-0.25, -0.2) is 22.1 Å². The van der Waals surface area contributed by atoms with Crippen molar-refractivity contribution < 1.29 is 17.5 Å². The molecule has 1 saturated carbocycles. The number of ether oxygens (including phenoxy) is 1. The van der Waals surface area contributed by atoms with Crippen molar-refractivity contribution in [1.82, 2.24) is 19.3 Å². The summed E-state index contributed by atoms with van der Waals surface area (Å²) < 4.78 is 47.4. The molecule has 2 aliphatic rings. The van der Waals surface area contributed by atoms with E-state index in [1.807, 2.05) is 30.7 Å². The van der Waals surface area contributed by atoms with Gasteiger partial charge < -0.3 is 9.72 Å². The zero-order valence-electron chi connectivity index (χ0n) is 21.4. The lowest BCUT2D eigenvalue weighted by molar-refractivity contribution is 0.179. The van der Waals surface area contributed by atoms with Gasteiger partial charge in [0.15, 0.2) is 0 Å². The number of rotatable bonds is 7. The number of benzene rings is 1. The predicted octanol–water partition coefficient (Wildman–Crippen LogP) is 5.64. The fourth-order valence-electron chi connectivity index (χ4n) is 6.16. The molecule has 1 unspecified atom stereocenters. The minimum Gasteiger partial charge on any atom is -0.493 e. The van der Waals surface area contributed by atoms with Gasteiger partial charge in [0.25, 0.3) is 0 Å². The number of pyridine rings is 2. The van der Waals surface area contributed by atoms with E-state index in [4.69, 9.17) is 9.72 Å². The first kappa shape index (κ1) is 25.2. The fraction of sp³-hybridized carbons (Fsp3) is 0.448. The normalized spacial score (nSPS) is 23.1. The zero-order valence-corrected chi connectivity index (χ0v) is 22.2. The average molecular weight is 537 g/mol. The molecule has 0 radical (unpaired) electrons. The van der Waals surface area contributed by atoms with Gasteiger partial charge in [0.1, 0.15) is 17.2 Å². The van der Waals surface area contributed by atoms with Crippen LogP contribution in [0.25, 0.3) is 21.8 Å². The van der Waals surface area contributed by atoms with Gasteiger partial charge in [-0.3, -0.25) is 4.98 Å².